The summed E-state index contributed by atoms with van der Waals surface area (Å²) < 4.78 is 22.7. The number of rotatable bonds is 57. The Morgan fingerprint density at radius 2 is 0.704 bits per heavy atom. The van der Waals surface area contributed by atoms with Gasteiger partial charge < -0.3 is 33.3 Å². The molecule has 0 bridgehead atoms. The smallest absolute Gasteiger partial charge is 0.306 e. The zero-order chi connectivity index (χ0) is 59.1. The molecule has 0 N–H and O–H groups in total. The first-order chi connectivity index (χ1) is 39.6. The minimum Gasteiger partial charge on any atom is -0.545 e. The van der Waals surface area contributed by atoms with Crippen LogP contribution in [-0.4, -0.2) is 82.3 Å². The van der Waals surface area contributed by atoms with Gasteiger partial charge in [0, 0.05) is 12.8 Å². The topological polar surface area (TPSA) is 111 Å². The number of allylic oxidation sites excluding steroid dienone is 24. The van der Waals surface area contributed by atoms with Gasteiger partial charge in [0.05, 0.1) is 40.3 Å². The molecule has 0 fully saturated rings. The first-order valence-corrected chi connectivity index (χ1v) is 32.0. The van der Waals surface area contributed by atoms with Gasteiger partial charge in [-0.3, -0.25) is 9.59 Å². The van der Waals surface area contributed by atoms with E-state index in [9.17, 15) is 19.5 Å². The SMILES string of the molecule is CC/C=C\C/C=C\C/C=C\C/C=C\C/C=C\C/C=C\C/C=C\C/C=C\C/C=C\C/C=C\CCCCCCC(=O)OC(COC(=O)CCCCCCCCCCC/C=C\C/C=C\CCCCCCC)COC(OCC[N+](C)(C)C)C(=O)[O-]. The standard InChI is InChI=1S/C72H117NO8/c1-6-8-10-12-14-16-18-20-22-24-26-28-29-30-31-32-33-34-35-36-37-38-39-40-41-43-45-47-49-51-53-55-57-59-61-63-70(75)81-68(67-80-72(71(76)77)78-65-64-73(3,4)5)66-79-69(74)62-60-58-56-54-52-50-48-46-44-42-27-25-23-21-19-17-15-13-11-9-7-2/h8,10,14,16,19-22,25-28,30-31,33-34,36-37,39-40,43,45,49,51,68,72H,6-7,9,11-13,15,17-18,23-24,29,32,35,38,41-42,44,46-48,50,52-67H2,1-5H3/b10-8-,16-14-,21-19-,22-20-,27-25-,28-26-,31-30-,34-33-,37-36-,40-39-,45-43-,51-49-. The Kier molecular flexibility index (Phi) is 57.6. The normalized spacial score (nSPS) is 13.7. The Labute approximate surface area is 496 Å². The number of likely N-dealkylation sites (N-methyl/N-ethyl adjacent to an activating group) is 1. The lowest BCUT2D eigenvalue weighted by Gasteiger charge is -2.26. The molecule has 0 aromatic heterocycles. The molecule has 0 saturated heterocycles. The summed E-state index contributed by atoms with van der Waals surface area (Å²) >= 11 is 0. The van der Waals surface area contributed by atoms with Crippen molar-refractivity contribution in [2.45, 2.75) is 245 Å². The highest BCUT2D eigenvalue weighted by Gasteiger charge is 2.22. The molecule has 0 rings (SSSR count). The maximum Gasteiger partial charge on any atom is 0.306 e. The molecular weight excluding hydrogens is 1010 g/mol. The molecular formula is C72H117NO8. The summed E-state index contributed by atoms with van der Waals surface area (Å²) in [5.41, 5.74) is 0. The number of ether oxygens (including phenoxy) is 4. The molecule has 0 aliphatic carbocycles. The van der Waals surface area contributed by atoms with Crippen molar-refractivity contribution in [3.8, 4) is 0 Å². The second-order valence-corrected chi connectivity index (χ2v) is 22.0. The fourth-order valence-electron chi connectivity index (χ4n) is 8.18. The maximum atomic E-state index is 12.9. The zero-order valence-electron chi connectivity index (χ0n) is 52.1. The molecule has 0 aromatic carbocycles. The van der Waals surface area contributed by atoms with Gasteiger partial charge in [0.25, 0.3) is 0 Å². The number of hydrogen-bond donors (Lipinski definition) is 0. The summed E-state index contributed by atoms with van der Waals surface area (Å²) in [6.45, 7) is 4.57. The summed E-state index contributed by atoms with van der Waals surface area (Å²) in [7, 11) is 5.90. The minimum atomic E-state index is -1.64. The van der Waals surface area contributed by atoms with Gasteiger partial charge in [-0.05, 0) is 122 Å². The third-order valence-corrected chi connectivity index (χ3v) is 13.1. The minimum absolute atomic E-state index is 0.134. The van der Waals surface area contributed by atoms with Crippen LogP contribution in [0.2, 0.25) is 0 Å². The Balaban J connectivity index is 4.30. The van der Waals surface area contributed by atoms with Crippen molar-refractivity contribution in [1.29, 1.82) is 0 Å². The number of quaternary nitrogens is 1. The van der Waals surface area contributed by atoms with Crippen LogP contribution in [0.3, 0.4) is 0 Å². The fourth-order valence-corrected chi connectivity index (χ4v) is 8.18. The van der Waals surface area contributed by atoms with E-state index in [-0.39, 0.29) is 38.6 Å². The number of carboxylic acid groups (broad SMARTS) is 1. The number of aliphatic carboxylic acids is 1. The van der Waals surface area contributed by atoms with E-state index in [2.05, 4.69) is 160 Å². The quantitative estimate of drug-likeness (QED) is 0.0195. The summed E-state index contributed by atoms with van der Waals surface area (Å²) in [5.74, 6) is -2.34. The number of unbranched alkanes of at least 4 members (excludes halogenated alkanes) is 18. The van der Waals surface area contributed by atoms with Gasteiger partial charge in [-0.2, -0.15) is 0 Å². The fraction of sp³-hybridized carbons (Fsp3) is 0.625. The van der Waals surface area contributed by atoms with Gasteiger partial charge in [0.2, 0.25) is 0 Å². The monoisotopic (exact) mass is 1120 g/mol. The van der Waals surface area contributed by atoms with Crippen LogP contribution in [0, 0.1) is 0 Å². The first-order valence-electron chi connectivity index (χ1n) is 32.0. The van der Waals surface area contributed by atoms with Gasteiger partial charge in [-0.25, -0.2) is 0 Å². The molecule has 0 saturated carbocycles. The average molecular weight is 1120 g/mol. The molecule has 0 aliphatic heterocycles. The van der Waals surface area contributed by atoms with Crippen LogP contribution < -0.4 is 5.11 Å². The third kappa shape index (κ3) is 62.6. The molecule has 9 nitrogen and oxygen atoms in total. The predicted molar refractivity (Wildman–Crippen MR) is 342 cm³/mol. The highest BCUT2D eigenvalue weighted by Crippen LogP contribution is 2.14. The summed E-state index contributed by atoms with van der Waals surface area (Å²) in [6, 6.07) is 0. The largest absolute Gasteiger partial charge is 0.545 e. The Morgan fingerprint density at radius 3 is 1.05 bits per heavy atom. The molecule has 0 heterocycles. The van der Waals surface area contributed by atoms with Gasteiger partial charge in [0.1, 0.15) is 13.2 Å². The van der Waals surface area contributed by atoms with E-state index in [0.717, 1.165) is 128 Å². The van der Waals surface area contributed by atoms with E-state index in [0.29, 0.717) is 17.4 Å². The van der Waals surface area contributed by atoms with Crippen LogP contribution >= 0.6 is 0 Å². The van der Waals surface area contributed by atoms with E-state index < -0.39 is 24.3 Å². The molecule has 0 aromatic rings. The molecule has 0 aliphatic rings. The van der Waals surface area contributed by atoms with E-state index in [1.807, 2.05) is 21.1 Å². The number of carbonyl (C=O) groups excluding carboxylic acids is 3. The zero-order valence-corrected chi connectivity index (χ0v) is 52.1. The van der Waals surface area contributed by atoms with Crippen molar-refractivity contribution < 1.29 is 42.9 Å². The summed E-state index contributed by atoms with van der Waals surface area (Å²) in [6.07, 6.45) is 86.2. The number of carbonyl (C=O) groups is 3. The molecule has 2 atom stereocenters. The molecule has 0 radical (unpaired) electrons. The third-order valence-electron chi connectivity index (χ3n) is 13.1. The highest BCUT2D eigenvalue weighted by atomic mass is 16.7. The average Bonchev–Trinajstić information content (AvgIpc) is 3.44. The number of hydrogen-bond acceptors (Lipinski definition) is 8. The molecule has 81 heavy (non-hydrogen) atoms. The summed E-state index contributed by atoms with van der Waals surface area (Å²) in [5, 5.41) is 11.8. The molecule has 0 spiro atoms. The predicted octanol–water partition coefficient (Wildman–Crippen LogP) is 18.2. The van der Waals surface area contributed by atoms with Crippen LogP contribution in [0.15, 0.2) is 146 Å². The van der Waals surface area contributed by atoms with E-state index in [4.69, 9.17) is 18.9 Å². The summed E-state index contributed by atoms with van der Waals surface area (Å²) in [4.78, 5) is 37.4. The van der Waals surface area contributed by atoms with E-state index in [1.54, 1.807) is 0 Å². The molecule has 458 valence electrons. The van der Waals surface area contributed by atoms with Crippen LogP contribution in [0.25, 0.3) is 0 Å². The van der Waals surface area contributed by atoms with Crippen molar-refractivity contribution in [2.24, 2.45) is 0 Å². The first kappa shape index (κ1) is 76.2. The lowest BCUT2D eigenvalue weighted by atomic mass is 10.1. The second-order valence-electron chi connectivity index (χ2n) is 22.0. The highest BCUT2D eigenvalue weighted by molar-refractivity contribution is 5.70. The molecule has 9 heteroatoms. The van der Waals surface area contributed by atoms with Gasteiger partial charge in [-0.1, -0.05) is 243 Å². The van der Waals surface area contributed by atoms with Crippen LogP contribution in [0.5, 0.6) is 0 Å². The maximum absolute atomic E-state index is 12.9. The van der Waals surface area contributed by atoms with Crippen molar-refractivity contribution in [2.75, 3.05) is 47.5 Å². The number of esters is 2. The number of nitrogens with zero attached hydrogens (tertiary/aromatic N) is 1. The Morgan fingerprint density at radius 1 is 0.383 bits per heavy atom. The Hall–Kier alpha value is -4.83. The van der Waals surface area contributed by atoms with Gasteiger partial charge in [0.15, 0.2) is 12.4 Å². The second kappa shape index (κ2) is 61.2. The van der Waals surface area contributed by atoms with Crippen LogP contribution in [0.1, 0.15) is 232 Å². The van der Waals surface area contributed by atoms with E-state index in [1.165, 1.54) is 70.6 Å². The van der Waals surface area contributed by atoms with Gasteiger partial charge in [-0.15, -0.1) is 0 Å². The van der Waals surface area contributed by atoms with Crippen LogP contribution in [-0.2, 0) is 33.3 Å². The van der Waals surface area contributed by atoms with E-state index >= 15 is 0 Å². The van der Waals surface area contributed by atoms with Crippen molar-refractivity contribution in [3.05, 3.63) is 146 Å². The van der Waals surface area contributed by atoms with Crippen molar-refractivity contribution >= 4 is 17.9 Å². The van der Waals surface area contributed by atoms with Crippen molar-refractivity contribution in [1.82, 2.24) is 0 Å². The number of carboxylic acids is 1. The van der Waals surface area contributed by atoms with Crippen molar-refractivity contribution in [3.63, 3.8) is 0 Å². The molecule has 0 amide bonds. The van der Waals surface area contributed by atoms with Crippen LogP contribution in [0.4, 0.5) is 0 Å². The Bertz CT molecular complexity index is 1840. The van der Waals surface area contributed by atoms with Gasteiger partial charge >= 0.3 is 11.9 Å². The lowest BCUT2D eigenvalue weighted by molar-refractivity contribution is -0.870. The molecule has 2 unspecified atom stereocenters. The lowest BCUT2D eigenvalue weighted by Crippen LogP contribution is -2.44.